The number of hydrogen-bond donors (Lipinski definition) is 1. The van der Waals surface area contributed by atoms with Crippen LogP contribution in [0.15, 0.2) is 48.7 Å². The van der Waals surface area contributed by atoms with E-state index in [4.69, 9.17) is 0 Å². The first kappa shape index (κ1) is 14.6. The summed E-state index contributed by atoms with van der Waals surface area (Å²) < 4.78 is 0. The van der Waals surface area contributed by atoms with Crippen LogP contribution in [0.5, 0.6) is 0 Å². The number of hydrogen-bond acceptors (Lipinski definition) is 3. The van der Waals surface area contributed by atoms with Crippen molar-refractivity contribution in [1.82, 2.24) is 10.3 Å². The Bertz CT molecular complexity index is 634. The van der Waals surface area contributed by atoms with Crippen LogP contribution < -0.4 is 10.2 Å². The van der Waals surface area contributed by atoms with Crippen molar-refractivity contribution in [3.05, 3.63) is 59.8 Å². The zero-order valence-corrected chi connectivity index (χ0v) is 12.8. The first-order valence-corrected chi connectivity index (χ1v) is 7.76. The number of piperidine rings is 1. The highest BCUT2D eigenvalue weighted by Crippen LogP contribution is 2.18. The Kier molecular flexibility index (Phi) is 4.37. The standard InChI is InChI=1S/C18H21N3O/c1-14-6-2-3-7-16(14)18(22)20-15-9-12-21(13-10-15)17-8-4-5-11-19-17/h2-8,11,15H,9-10,12-13H2,1H3,(H,20,22). The van der Waals surface area contributed by atoms with Crippen molar-refractivity contribution < 1.29 is 4.79 Å². The van der Waals surface area contributed by atoms with E-state index in [2.05, 4.69) is 15.2 Å². The highest BCUT2D eigenvalue weighted by molar-refractivity contribution is 5.95. The van der Waals surface area contributed by atoms with Gasteiger partial charge in [0.05, 0.1) is 0 Å². The second-order valence-electron chi connectivity index (χ2n) is 5.74. The Balaban J connectivity index is 1.56. The molecule has 1 aliphatic rings. The van der Waals surface area contributed by atoms with Gasteiger partial charge in [0.25, 0.3) is 5.91 Å². The van der Waals surface area contributed by atoms with Crippen molar-refractivity contribution in [2.45, 2.75) is 25.8 Å². The lowest BCUT2D eigenvalue weighted by Gasteiger charge is -2.33. The Morgan fingerprint density at radius 2 is 1.86 bits per heavy atom. The van der Waals surface area contributed by atoms with Gasteiger partial charge in [-0.2, -0.15) is 0 Å². The van der Waals surface area contributed by atoms with Gasteiger partial charge in [-0.1, -0.05) is 24.3 Å². The fourth-order valence-electron chi connectivity index (χ4n) is 2.88. The van der Waals surface area contributed by atoms with Gasteiger partial charge in [0, 0.05) is 30.9 Å². The van der Waals surface area contributed by atoms with Crippen molar-refractivity contribution in [1.29, 1.82) is 0 Å². The molecule has 1 N–H and O–H groups in total. The zero-order chi connectivity index (χ0) is 15.4. The molecule has 0 bridgehead atoms. The molecule has 0 atom stereocenters. The minimum Gasteiger partial charge on any atom is -0.356 e. The van der Waals surface area contributed by atoms with Gasteiger partial charge in [0.15, 0.2) is 0 Å². The number of aromatic nitrogens is 1. The number of amides is 1. The summed E-state index contributed by atoms with van der Waals surface area (Å²) in [6, 6.07) is 13.9. The van der Waals surface area contributed by atoms with Crippen LogP contribution in [0.2, 0.25) is 0 Å². The number of aryl methyl sites for hydroxylation is 1. The van der Waals surface area contributed by atoms with Crippen LogP contribution >= 0.6 is 0 Å². The number of nitrogens with zero attached hydrogens (tertiary/aromatic N) is 2. The molecule has 3 rings (SSSR count). The van der Waals surface area contributed by atoms with Crippen LogP contribution in [0, 0.1) is 6.92 Å². The van der Waals surface area contributed by atoms with E-state index in [0.29, 0.717) is 0 Å². The van der Waals surface area contributed by atoms with E-state index >= 15 is 0 Å². The van der Waals surface area contributed by atoms with Crippen LogP contribution in [-0.2, 0) is 0 Å². The van der Waals surface area contributed by atoms with Gasteiger partial charge in [-0.05, 0) is 43.5 Å². The summed E-state index contributed by atoms with van der Waals surface area (Å²) in [7, 11) is 0. The molecular formula is C18H21N3O. The molecule has 0 aliphatic carbocycles. The third-order valence-corrected chi connectivity index (χ3v) is 4.19. The second-order valence-corrected chi connectivity index (χ2v) is 5.74. The van der Waals surface area contributed by atoms with E-state index in [0.717, 1.165) is 42.9 Å². The number of nitrogens with one attached hydrogen (secondary N) is 1. The second kappa shape index (κ2) is 6.60. The summed E-state index contributed by atoms with van der Waals surface area (Å²) in [5.41, 5.74) is 1.79. The minimum atomic E-state index is 0.0365. The van der Waals surface area contributed by atoms with Gasteiger partial charge in [-0.25, -0.2) is 4.98 Å². The number of carbonyl (C=O) groups excluding carboxylic acids is 1. The number of carbonyl (C=O) groups is 1. The number of pyridine rings is 1. The molecule has 0 spiro atoms. The molecule has 1 aromatic heterocycles. The molecule has 1 fully saturated rings. The first-order valence-electron chi connectivity index (χ1n) is 7.76. The van der Waals surface area contributed by atoms with Gasteiger partial charge in [-0.15, -0.1) is 0 Å². The average molecular weight is 295 g/mol. The maximum absolute atomic E-state index is 12.3. The predicted octanol–water partition coefficient (Wildman–Crippen LogP) is 2.79. The van der Waals surface area contributed by atoms with Crippen molar-refractivity contribution in [3.8, 4) is 0 Å². The number of anilines is 1. The highest BCUT2D eigenvalue weighted by atomic mass is 16.1. The first-order chi connectivity index (χ1) is 10.7. The molecule has 1 amide bonds. The third kappa shape index (κ3) is 3.27. The van der Waals surface area contributed by atoms with E-state index < -0.39 is 0 Å². The van der Waals surface area contributed by atoms with Gasteiger partial charge in [0.2, 0.25) is 0 Å². The fourth-order valence-corrected chi connectivity index (χ4v) is 2.88. The lowest BCUT2D eigenvalue weighted by atomic mass is 10.0. The average Bonchev–Trinajstić information content (AvgIpc) is 2.57. The van der Waals surface area contributed by atoms with E-state index in [1.165, 1.54) is 0 Å². The van der Waals surface area contributed by atoms with Gasteiger partial charge >= 0.3 is 0 Å². The molecule has 22 heavy (non-hydrogen) atoms. The number of rotatable bonds is 3. The van der Waals surface area contributed by atoms with E-state index in [1.54, 1.807) is 0 Å². The maximum Gasteiger partial charge on any atom is 0.251 e. The zero-order valence-electron chi connectivity index (χ0n) is 12.8. The number of benzene rings is 1. The SMILES string of the molecule is Cc1ccccc1C(=O)NC1CCN(c2ccccn2)CC1. The molecule has 2 heterocycles. The molecule has 1 aromatic carbocycles. The molecule has 1 aliphatic heterocycles. The minimum absolute atomic E-state index is 0.0365. The Morgan fingerprint density at radius 3 is 2.55 bits per heavy atom. The quantitative estimate of drug-likeness (QED) is 0.947. The topological polar surface area (TPSA) is 45.2 Å². The molecule has 114 valence electrons. The monoisotopic (exact) mass is 295 g/mol. The molecule has 0 saturated carbocycles. The van der Waals surface area contributed by atoms with E-state index in [1.807, 2.05) is 55.6 Å². The molecule has 1 saturated heterocycles. The van der Waals surface area contributed by atoms with Gasteiger partial charge in [-0.3, -0.25) is 4.79 Å². The van der Waals surface area contributed by atoms with Gasteiger partial charge in [0.1, 0.15) is 5.82 Å². The lowest BCUT2D eigenvalue weighted by molar-refractivity contribution is 0.0930. The summed E-state index contributed by atoms with van der Waals surface area (Å²) in [6.45, 7) is 3.82. The van der Waals surface area contributed by atoms with Crippen LogP contribution in [0.1, 0.15) is 28.8 Å². The van der Waals surface area contributed by atoms with Crippen molar-refractivity contribution in [3.63, 3.8) is 0 Å². The summed E-state index contributed by atoms with van der Waals surface area (Å²) in [6.07, 6.45) is 3.73. The van der Waals surface area contributed by atoms with Crippen LogP contribution in [-0.4, -0.2) is 30.0 Å². The van der Waals surface area contributed by atoms with E-state index in [-0.39, 0.29) is 11.9 Å². The summed E-state index contributed by atoms with van der Waals surface area (Å²) in [5, 5.41) is 3.16. The normalized spacial score (nSPS) is 15.6. The van der Waals surface area contributed by atoms with Crippen LogP contribution in [0.25, 0.3) is 0 Å². The summed E-state index contributed by atoms with van der Waals surface area (Å²) in [4.78, 5) is 19.0. The molecule has 4 nitrogen and oxygen atoms in total. The molecule has 0 unspecified atom stereocenters. The predicted molar refractivity (Wildman–Crippen MR) is 88.1 cm³/mol. The molecular weight excluding hydrogens is 274 g/mol. The smallest absolute Gasteiger partial charge is 0.251 e. The van der Waals surface area contributed by atoms with Crippen molar-refractivity contribution in [2.75, 3.05) is 18.0 Å². The van der Waals surface area contributed by atoms with Crippen molar-refractivity contribution in [2.24, 2.45) is 0 Å². The Labute approximate surface area is 131 Å². The Morgan fingerprint density at radius 1 is 1.14 bits per heavy atom. The van der Waals surface area contributed by atoms with Gasteiger partial charge < -0.3 is 10.2 Å². The molecule has 0 radical (unpaired) electrons. The summed E-state index contributed by atoms with van der Waals surface area (Å²) >= 11 is 0. The molecule has 2 aromatic rings. The largest absolute Gasteiger partial charge is 0.356 e. The third-order valence-electron chi connectivity index (χ3n) is 4.19. The lowest BCUT2D eigenvalue weighted by Crippen LogP contribution is -2.45. The summed E-state index contributed by atoms with van der Waals surface area (Å²) in [5.74, 6) is 1.06. The van der Waals surface area contributed by atoms with Crippen molar-refractivity contribution >= 4 is 11.7 Å². The van der Waals surface area contributed by atoms with E-state index in [9.17, 15) is 4.79 Å². The maximum atomic E-state index is 12.3. The van der Waals surface area contributed by atoms with Crippen LogP contribution in [0.3, 0.4) is 0 Å². The van der Waals surface area contributed by atoms with Crippen LogP contribution in [0.4, 0.5) is 5.82 Å². The molecule has 4 heteroatoms. The highest BCUT2D eigenvalue weighted by Gasteiger charge is 2.22. The Hall–Kier alpha value is -2.36. The fraction of sp³-hybridized carbons (Fsp3) is 0.333.